The van der Waals surface area contributed by atoms with Gasteiger partial charge in [-0.05, 0) is 44.7 Å². The topological polar surface area (TPSA) is 82.1 Å². The molecule has 1 aliphatic heterocycles. The summed E-state index contributed by atoms with van der Waals surface area (Å²) in [5.41, 5.74) is -0.452. The smallest absolute Gasteiger partial charge is 0.410 e. The summed E-state index contributed by atoms with van der Waals surface area (Å²) in [4.78, 5) is 40.4. The minimum atomic E-state index is -1.47. The van der Waals surface area contributed by atoms with E-state index in [2.05, 4.69) is 0 Å². The van der Waals surface area contributed by atoms with Crippen molar-refractivity contribution in [1.82, 2.24) is 4.90 Å². The predicted molar refractivity (Wildman–Crippen MR) is 122 cm³/mol. The summed E-state index contributed by atoms with van der Waals surface area (Å²) >= 11 is 0. The predicted octanol–water partition coefficient (Wildman–Crippen LogP) is 4.49. The second-order valence-electron chi connectivity index (χ2n) is 9.17. The van der Waals surface area contributed by atoms with Crippen molar-refractivity contribution in [3.8, 4) is 0 Å². The Hall–Kier alpha value is -3.35. The zero-order valence-electron chi connectivity index (χ0n) is 19.4. The Kier molecular flexibility index (Phi) is 7.74. The van der Waals surface area contributed by atoms with Crippen LogP contribution in [0.5, 0.6) is 0 Å². The molecule has 2 aromatic carbocycles. The average Bonchev–Trinajstić information content (AvgIpc) is 2.81. The number of rotatable bonds is 6. The third kappa shape index (κ3) is 6.57. The minimum absolute atomic E-state index is 0.0587. The number of piperidine rings is 1. The first-order valence-corrected chi connectivity index (χ1v) is 11.1. The molecule has 0 radical (unpaired) electrons. The fourth-order valence-electron chi connectivity index (χ4n) is 3.61. The van der Waals surface area contributed by atoms with Crippen LogP contribution in [0.4, 0.5) is 4.79 Å². The van der Waals surface area contributed by atoms with Gasteiger partial charge in [0.1, 0.15) is 18.8 Å². The molecule has 0 saturated carbocycles. The number of esters is 2. The molecule has 0 bridgehead atoms. The number of amides is 1. The van der Waals surface area contributed by atoms with Crippen LogP contribution in [0.25, 0.3) is 0 Å². The van der Waals surface area contributed by atoms with Gasteiger partial charge in [-0.1, -0.05) is 60.7 Å². The van der Waals surface area contributed by atoms with E-state index in [4.69, 9.17) is 14.2 Å². The quantitative estimate of drug-likeness (QED) is 0.364. The van der Waals surface area contributed by atoms with Crippen LogP contribution in [0.2, 0.25) is 0 Å². The first-order valence-electron chi connectivity index (χ1n) is 11.1. The molecule has 3 rings (SSSR count). The summed E-state index contributed by atoms with van der Waals surface area (Å²) in [5, 5.41) is 0. The molecule has 0 spiro atoms. The third-order valence-corrected chi connectivity index (χ3v) is 5.48. The SMILES string of the molecule is CC(C)(C)OC(=O)N1CCC(C(=O)OCc2ccccc2)(C(=O)OCc2ccccc2)CC1. The lowest BCUT2D eigenvalue weighted by Gasteiger charge is -2.38. The van der Waals surface area contributed by atoms with Crippen LogP contribution in [0.15, 0.2) is 60.7 Å². The highest BCUT2D eigenvalue weighted by Crippen LogP contribution is 2.36. The fourth-order valence-corrected chi connectivity index (χ4v) is 3.61. The average molecular weight is 454 g/mol. The Morgan fingerprint density at radius 1 is 0.788 bits per heavy atom. The number of benzene rings is 2. The molecule has 0 atom stereocenters. The lowest BCUT2D eigenvalue weighted by Crippen LogP contribution is -2.52. The maximum absolute atomic E-state index is 13.2. The first kappa shape index (κ1) is 24.3. The van der Waals surface area contributed by atoms with Crippen molar-refractivity contribution < 1.29 is 28.6 Å². The van der Waals surface area contributed by atoms with Gasteiger partial charge < -0.3 is 19.1 Å². The van der Waals surface area contributed by atoms with Gasteiger partial charge in [0.25, 0.3) is 0 Å². The Morgan fingerprint density at radius 3 is 1.61 bits per heavy atom. The van der Waals surface area contributed by atoms with Crippen LogP contribution in [0, 0.1) is 5.41 Å². The number of likely N-dealkylation sites (tertiary alicyclic amines) is 1. The number of nitrogens with zero attached hydrogens (tertiary/aromatic N) is 1. The monoisotopic (exact) mass is 453 g/mol. The molecule has 0 N–H and O–H groups in total. The van der Waals surface area contributed by atoms with Crippen molar-refractivity contribution >= 4 is 18.0 Å². The van der Waals surface area contributed by atoms with Crippen molar-refractivity contribution in [3.05, 3.63) is 71.8 Å². The van der Waals surface area contributed by atoms with Gasteiger partial charge in [-0.25, -0.2) is 4.79 Å². The van der Waals surface area contributed by atoms with Gasteiger partial charge in [0.05, 0.1) is 0 Å². The molecule has 1 aliphatic rings. The lowest BCUT2D eigenvalue weighted by atomic mass is 9.78. The molecule has 1 saturated heterocycles. The molecule has 7 heteroatoms. The summed E-state index contributed by atoms with van der Waals surface area (Å²) in [6.45, 7) is 5.88. The number of carbonyl (C=O) groups excluding carboxylic acids is 3. The Morgan fingerprint density at radius 2 is 1.21 bits per heavy atom. The van der Waals surface area contributed by atoms with Gasteiger partial charge in [-0.2, -0.15) is 0 Å². The second-order valence-corrected chi connectivity index (χ2v) is 9.17. The maximum Gasteiger partial charge on any atom is 0.410 e. The lowest BCUT2D eigenvalue weighted by molar-refractivity contribution is -0.178. The van der Waals surface area contributed by atoms with Gasteiger partial charge >= 0.3 is 18.0 Å². The van der Waals surface area contributed by atoms with Crippen LogP contribution in [0.3, 0.4) is 0 Å². The number of carbonyl (C=O) groups is 3. The molecule has 0 aromatic heterocycles. The zero-order valence-corrected chi connectivity index (χ0v) is 19.4. The van der Waals surface area contributed by atoms with E-state index in [1.165, 1.54) is 4.90 Å². The van der Waals surface area contributed by atoms with Crippen LogP contribution < -0.4 is 0 Å². The van der Waals surface area contributed by atoms with Crippen LogP contribution in [-0.2, 0) is 37.0 Å². The van der Waals surface area contributed by atoms with E-state index in [-0.39, 0.29) is 39.1 Å². The van der Waals surface area contributed by atoms with Crippen molar-refractivity contribution in [2.24, 2.45) is 5.41 Å². The second kappa shape index (κ2) is 10.5. The molecule has 1 heterocycles. The molecular weight excluding hydrogens is 422 g/mol. The summed E-state index contributed by atoms with van der Waals surface area (Å²) in [7, 11) is 0. The van der Waals surface area contributed by atoms with E-state index in [0.717, 1.165) is 11.1 Å². The maximum atomic E-state index is 13.2. The van der Waals surface area contributed by atoms with Gasteiger partial charge in [0, 0.05) is 13.1 Å². The van der Waals surface area contributed by atoms with E-state index in [0.29, 0.717) is 0 Å². The van der Waals surface area contributed by atoms with E-state index < -0.39 is 29.0 Å². The van der Waals surface area contributed by atoms with Gasteiger partial charge in [0.2, 0.25) is 0 Å². The standard InChI is InChI=1S/C26H31NO6/c1-25(2,3)33-24(30)27-16-14-26(15-17-27,22(28)31-18-20-10-6-4-7-11-20)23(29)32-19-21-12-8-5-9-13-21/h4-13H,14-19H2,1-3H3. The summed E-state index contributed by atoms with van der Waals surface area (Å²) < 4.78 is 16.5. The number of hydrogen-bond acceptors (Lipinski definition) is 6. The van der Waals surface area contributed by atoms with Crippen molar-refractivity contribution in [2.75, 3.05) is 13.1 Å². The number of hydrogen-bond donors (Lipinski definition) is 0. The largest absolute Gasteiger partial charge is 0.460 e. The Labute approximate surface area is 194 Å². The van der Waals surface area contributed by atoms with E-state index in [1.54, 1.807) is 20.8 Å². The molecule has 1 fully saturated rings. The molecule has 1 amide bonds. The summed E-state index contributed by atoms with van der Waals surface area (Å²) in [6.07, 6.45) is -0.257. The Bertz CT molecular complexity index is 886. The molecular formula is C26H31NO6. The van der Waals surface area contributed by atoms with E-state index in [9.17, 15) is 14.4 Å². The third-order valence-electron chi connectivity index (χ3n) is 5.48. The molecule has 176 valence electrons. The molecule has 33 heavy (non-hydrogen) atoms. The molecule has 7 nitrogen and oxygen atoms in total. The van der Waals surface area contributed by atoms with E-state index in [1.807, 2.05) is 60.7 Å². The van der Waals surface area contributed by atoms with Gasteiger partial charge in [0.15, 0.2) is 5.41 Å². The summed E-state index contributed by atoms with van der Waals surface area (Å²) in [6, 6.07) is 18.5. The zero-order chi connectivity index (χ0) is 23.9. The molecule has 0 unspecified atom stereocenters. The van der Waals surface area contributed by atoms with Crippen molar-refractivity contribution in [2.45, 2.75) is 52.4 Å². The summed E-state index contributed by atoms with van der Waals surface area (Å²) in [5.74, 6) is -1.26. The van der Waals surface area contributed by atoms with E-state index >= 15 is 0 Å². The normalized spacial score (nSPS) is 15.4. The minimum Gasteiger partial charge on any atom is -0.460 e. The van der Waals surface area contributed by atoms with Crippen molar-refractivity contribution in [3.63, 3.8) is 0 Å². The highest BCUT2D eigenvalue weighted by molar-refractivity contribution is 6.00. The molecule has 2 aromatic rings. The Balaban J connectivity index is 1.71. The number of ether oxygens (including phenoxy) is 3. The highest BCUT2D eigenvalue weighted by Gasteiger charge is 2.51. The van der Waals surface area contributed by atoms with Crippen LogP contribution >= 0.6 is 0 Å². The highest BCUT2D eigenvalue weighted by atomic mass is 16.6. The fraction of sp³-hybridized carbons (Fsp3) is 0.423. The van der Waals surface area contributed by atoms with Gasteiger partial charge in [-0.3, -0.25) is 9.59 Å². The van der Waals surface area contributed by atoms with Crippen molar-refractivity contribution in [1.29, 1.82) is 0 Å². The van der Waals surface area contributed by atoms with Crippen LogP contribution in [-0.4, -0.2) is 41.6 Å². The first-order chi connectivity index (χ1) is 15.7. The van der Waals surface area contributed by atoms with Crippen LogP contribution in [0.1, 0.15) is 44.7 Å². The molecule has 0 aliphatic carbocycles. The van der Waals surface area contributed by atoms with Gasteiger partial charge in [-0.15, -0.1) is 0 Å².